The molecule has 1 aromatic heterocycles. The SMILES string of the molecule is CC(C)(CO)c1cc2cc(N(C=O)C3(c4ccc5c(c4)OC(F)(F)O5)CC3)c(F)cc2n1C[C@@H](O)CO. The minimum atomic E-state index is -3.78. The molecule has 3 N–H and O–H groups in total. The van der Waals surface area contributed by atoms with Gasteiger partial charge >= 0.3 is 6.29 Å². The number of benzene rings is 2. The van der Waals surface area contributed by atoms with E-state index in [0.29, 0.717) is 41.4 Å². The molecule has 11 heteroatoms. The Morgan fingerprint density at radius 1 is 1.14 bits per heavy atom. The summed E-state index contributed by atoms with van der Waals surface area (Å²) in [4.78, 5) is 13.6. The quantitative estimate of drug-likeness (QED) is 0.374. The van der Waals surface area contributed by atoms with Crippen molar-refractivity contribution >= 4 is 23.0 Å². The monoisotopic (exact) mass is 520 g/mol. The predicted molar refractivity (Wildman–Crippen MR) is 127 cm³/mol. The zero-order valence-corrected chi connectivity index (χ0v) is 20.2. The molecule has 1 aliphatic carbocycles. The van der Waals surface area contributed by atoms with Crippen LogP contribution in [-0.2, 0) is 22.3 Å². The molecule has 1 aliphatic heterocycles. The normalized spacial score (nSPS) is 18.2. The third kappa shape index (κ3) is 4.20. The molecule has 1 amide bonds. The Morgan fingerprint density at radius 3 is 2.46 bits per heavy atom. The standard InChI is InChI=1S/C26H27F3N2O6/c1-24(2,13-33)23-8-15-7-20(18(27)10-19(15)30(23)11-17(35)12-32)31(14-34)25(5-6-25)16-3-4-21-22(9-16)37-26(28,29)36-21/h3-4,7-10,14,17,32-33,35H,5-6,11-13H2,1-2H3/t17-/m1/s1. The van der Waals surface area contributed by atoms with Crippen molar-refractivity contribution in [3.8, 4) is 11.5 Å². The van der Waals surface area contributed by atoms with Crippen LogP contribution in [0, 0.1) is 5.82 Å². The van der Waals surface area contributed by atoms with Crippen LogP contribution in [0.1, 0.15) is 37.9 Å². The van der Waals surface area contributed by atoms with Crippen LogP contribution in [0.4, 0.5) is 18.9 Å². The fraction of sp³-hybridized carbons (Fsp3) is 0.423. The van der Waals surface area contributed by atoms with Crippen LogP contribution in [0.5, 0.6) is 11.5 Å². The summed E-state index contributed by atoms with van der Waals surface area (Å²) in [6, 6.07) is 8.79. The lowest BCUT2D eigenvalue weighted by Gasteiger charge is -2.29. The molecule has 8 nitrogen and oxygen atoms in total. The number of carbonyl (C=O) groups is 1. The minimum absolute atomic E-state index is 0.00351. The van der Waals surface area contributed by atoms with Crippen LogP contribution in [0.3, 0.4) is 0 Å². The fourth-order valence-electron chi connectivity index (χ4n) is 4.98. The van der Waals surface area contributed by atoms with E-state index in [-0.39, 0.29) is 30.3 Å². The van der Waals surface area contributed by atoms with Gasteiger partial charge in [0, 0.05) is 22.6 Å². The number of aliphatic hydroxyl groups is 3. The van der Waals surface area contributed by atoms with Crippen LogP contribution >= 0.6 is 0 Å². The number of rotatable bonds is 9. The molecule has 1 saturated carbocycles. The molecule has 0 unspecified atom stereocenters. The number of aromatic nitrogens is 1. The molecule has 5 rings (SSSR count). The summed E-state index contributed by atoms with van der Waals surface area (Å²) < 4.78 is 53.3. The molecule has 2 aliphatic rings. The lowest BCUT2D eigenvalue weighted by atomic mass is 9.90. The van der Waals surface area contributed by atoms with E-state index >= 15 is 4.39 Å². The van der Waals surface area contributed by atoms with E-state index in [2.05, 4.69) is 9.47 Å². The van der Waals surface area contributed by atoms with E-state index in [1.165, 1.54) is 29.2 Å². The Hall–Kier alpha value is -3.28. The summed E-state index contributed by atoms with van der Waals surface area (Å²) in [6.07, 6.45) is -3.42. The van der Waals surface area contributed by atoms with Gasteiger partial charge in [0.15, 0.2) is 11.5 Å². The Morgan fingerprint density at radius 2 is 1.84 bits per heavy atom. The minimum Gasteiger partial charge on any atom is -0.395 e. The first-order chi connectivity index (χ1) is 17.4. The van der Waals surface area contributed by atoms with Crippen molar-refractivity contribution in [1.82, 2.24) is 4.57 Å². The largest absolute Gasteiger partial charge is 0.586 e. The molecule has 0 radical (unpaired) electrons. The van der Waals surface area contributed by atoms with Gasteiger partial charge in [0.05, 0.1) is 42.6 Å². The van der Waals surface area contributed by atoms with Gasteiger partial charge in [-0.2, -0.15) is 0 Å². The highest BCUT2D eigenvalue weighted by atomic mass is 19.3. The van der Waals surface area contributed by atoms with Crippen LogP contribution in [0.25, 0.3) is 10.9 Å². The molecule has 1 atom stereocenters. The molecule has 2 heterocycles. The summed E-state index contributed by atoms with van der Waals surface area (Å²) >= 11 is 0. The van der Waals surface area contributed by atoms with Gasteiger partial charge in [-0.1, -0.05) is 19.9 Å². The zero-order chi connectivity index (χ0) is 26.8. The molecule has 3 aromatic rings. The van der Waals surface area contributed by atoms with E-state index in [4.69, 9.17) is 0 Å². The topological polar surface area (TPSA) is 104 Å². The van der Waals surface area contributed by atoms with Gasteiger partial charge in [0.2, 0.25) is 6.41 Å². The van der Waals surface area contributed by atoms with E-state index in [0.717, 1.165) is 0 Å². The van der Waals surface area contributed by atoms with Gasteiger partial charge < -0.3 is 34.3 Å². The Labute approximate surface area is 210 Å². The number of halogens is 3. The number of ether oxygens (including phenoxy) is 2. The van der Waals surface area contributed by atoms with Gasteiger partial charge in [0.25, 0.3) is 0 Å². The van der Waals surface area contributed by atoms with Crippen molar-refractivity contribution in [2.45, 2.75) is 56.6 Å². The van der Waals surface area contributed by atoms with Gasteiger partial charge in [-0.3, -0.25) is 4.79 Å². The highest BCUT2D eigenvalue weighted by Crippen LogP contribution is 2.55. The molecule has 0 saturated heterocycles. The van der Waals surface area contributed by atoms with Crippen molar-refractivity contribution in [1.29, 1.82) is 0 Å². The van der Waals surface area contributed by atoms with Crippen LogP contribution in [0.15, 0.2) is 36.4 Å². The van der Waals surface area contributed by atoms with E-state index in [9.17, 15) is 28.9 Å². The summed E-state index contributed by atoms with van der Waals surface area (Å²) in [5, 5.41) is 30.0. The van der Waals surface area contributed by atoms with E-state index < -0.39 is 35.8 Å². The van der Waals surface area contributed by atoms with Crippen molar-refractivity contribution < 1.29 is 42.8 Å². The summed E-state index contributed by atoms with van der Waals surface area (Å²) in [5.74, 6) is -0.990. The molecule has 1 fully saturated rings. The Balaban J connectivity index is 1.59. The smallest absolute Gasteiger partial charge is 0.395 e. The van der Waals surface area contributed by atoms with Gasteiger partial charge in [-0.05, 0) is 42.7 Å². The van der Waals surface area contributed by atoms with Crippen molar-refractivity contribution in [2.75, 3.05) is 18.1 Å². The summed E-state index contributed by atoms with van der Waals surface area (Å²) in [6.45, 7) is 2.84. The second-order valence-electron chi connectivity index (χ2n) is 10.2. The summed E-state index contributed by atoms with van der Waals surface area (Å²) in [7, 11) is 0. The van der Waals surface area contributed by atoms with Crippen LogP contribution in [-0.4, -0.2) is 51.9 Å². The van der Waals surface area contributed by atoms with Crippen LogP contribution in [0.2, 0.25) is 0 Å². The third-order valence-corrected chi connectivity index (χ3v) is 7.15. The molecule has 0 bridgehead atoms. The lowest BCUT2D eigenvalue weighted by Crippen LogP contribution is -2.35. The number of amides is 1. The third-order valence-electron chi connectivity index (χ3n) is 7.15. The molecular formula is C26H27F3N2O6. The fourth-order valence-corrected chi connectivity index (χ4v) is 4.98. The number of nitrogens with zero attached hydrogens (tertiary/aromatic N) is 2. The number of aliphatic hydroxyl groups excluding tert-OH is 3. The highest BCUT2D eigenvalue weighted by Gasteiger charge is 2.52. The number of hydrogen-bond donors (Lipinski definition) is 3. The number of alkyl halides is 2. The average Bonchev–Trinajstić information content (AvgIpc) is 3.48. The second-order valence-corrected chi connectivity index (χ2v) is 10.2. The summed E-state index contributed by atoms with van der Waals surface area (Å²) in [5.41, 5.74) is -0.159. The molecule has 2 aromatic carbocycles. The van der Waals surface area contributed by atoms with Crippen molar-refractivity contribution in [3.05, 3.63) is 53.5 Å². The maximum absolute atomic E-state index is 15.6. The van der Waals surface area contributed by atoms with Crippen molar-refractivity contribution in [3.63, 3.8) is 0 Å². The first-order valence-electron chi connectivity index (χ1n) is 11.8. The Bertz CT molecular complexity index is 1370. The molecule has 37 heavy (non-hydrogen) atoms. The predicted octanol–water partition coefficient (Wildman–Crippen LogP) is 3.38. The number of fused-ring (bicyclic) bond motifs is 2. The second kappa shape index (κ2) is 8.64. The molecule has 198 valence electrons. The van der Waals surface area contributed by atoms with Crippen LogP contribution < -0.4 is 14.4 Å². The molecule has 0 spiro atoms. The first-order valence-corrected chi connectivity index (χ1v) is 11.8. The Kier molecular flexibility index (Phi) is 5.93. The van der Waals surface area contributed by atoms with Crippen molar-refractivity contribution in [2.24, 2.45) is 0 Å². The van der Waals surface area contributed by atoms with E-state index in [1.807, 2.05) is 0 Å². The number of anilines is 1. The van der Waals surface area contributed by atoms with E-state index in [1.54, 1.807) is 30.5 Å². The maximum atomic E-state index is 15.6. The highest BCUT2D eigenvalue weighted by molar-refractivity contribution is 5.90. The van der Waals surface area contributed by atoms with Gasteiger partial charge in [0.1, 0.15) is 5.82 Å². The maximum Gasteiger partial charge on any atom is 0.586 e. The number of hydrogen-bond acceptors (Lipinski definition) is 6. The van der Waals surface area contributed by atoms with Gasteiger partial charge in [-0.25, -0.2) is 4.39 Å². The first kappa shape index (κ1) is 25.4. The average molecular weight is 521 g/mol. The van der Waals surface area contributed by atoms with Gasteiger partial charge in [-0.15, -0.1) is 8.78 Å². The number of carbonyl (C=O) groups excluding carboxylic acids is 1. The molecular weight excluding hydrogens is 493 g/mol. The lowest BCUT2D eigenvalue weighted by molar-refractivity contribution is -0.286. The zero-order valence-electron chi connectivity index (χ0n) is 20.2.